The summed E-state index contributed by atoms with van der Waals surface area (Å²) < 4.78 is 5.17. The number of amides is 2. The largest absolute Gasteiger partial charge is 0.497 e. The van der Waals surface area contributed by atoms with Crippen LogP contribution in [0.1, 0.15) is 0 Å². The van der Waals surface area contributed by atoms with Gasteiger partial charge in [-0.3, -0.25) is 9.59 Å². The van der Waals surface area contributed by atoms with Crippen LogP contribution in [0.2, 0.25) is 5.02 Å². The maximum absolute atomic E-state index is 12.9. The summed E-state index contributed by atoms with van der Waals surface area (Å²) >= 11 is 5.90. The molecule has 0 radical (unpaired) electrons. The normalized spacial score (nSPS) is 21.8. The van der Waals surface area contributed by atoms with Gasteiger partial charge in [0.05, 0.1) is 18.5 Å². The molecule has 25 heavy (non-hydrogen) atoms. The fraction of sp³-hybridized carbons (Fsp3) is 0.176. The molecule has 2 aliphatic heterocycles. The standard InChI is InChI=1S/C17H13ClN4O3/c1-25-13-4-2-3-12(9-13)21-16(23)14-15(17(21)24)22(20-19-14)11-7-5-10(18)6-8-11/h2-9,14-15H,1H3/t14-,15-/m1/s1. The van der Waals surface area contributed by atoms with Crippen LogP contribution >= 0.6 is 11.6 Å². The zero-order valence-corrected chi connectivity index (χ0v) is 13.9. The molecule has 2 heterocycles. The predicted octanol–water partition coefficient (Wildman–Crippen LogP) is 2.85. The third kappa shape index (κ3) is 2.44. The molecule has 8 heteroatoms. The molecule has 0 aromatic heterocycles. The minimum atomic E-state index is -0.852. The Balaban J connectivity index is 1.69. The number of anilines is 2. The van der Waals surface area contributed by atoms with Gasteiger partial charge in [0.15, 0.2) is 12.1 Å². The lowest BCUT2D eigenvalue weighted by Crippen LogP contribution is -2.39. The maximum Gasteiger partial charge on any atom is 0.263 e. The fourth-order valence-corrected chi connectivity index (χ4v) is 3.10. The zero-order valence-electron chi connectivity index (χ0n) is 13.2. The number of methoxy groups -OCH3 is 1. The molecule has 1 fully saturated rings. The van der Waals surface area contributed by atoms with Crippen molar-refractivity contribution in [1.29, 1.82) is 0 Å². The number of imide groups is 1. The molecule has 7 nitrogen and oxygen atoms in total. The molecular formula is C17H13ClN4O3. The van der Waals surface area contributed by atoms with E-state index in [9.17, 15) is 9.59 Å². The number of halogens is 1. The molecule has 0 unspecified atom stereocenters. The van der Waals surface area contributed by atoms with Gasteiger partial charge >= 0.3 is 0 Å². The highest BCUT2D eigenvalue weighted by Crippen LogP contribution is 2.35. The molecule has 0 N–H and O–H groups in total. The zero-order chi connectivity index (χ0) is 17.6. The Kier molecular flexibility index (Phi) is 3.65. The summed E-state index contributed by atoms with van der Waals surface area (Å²) in [6.45, 7) is 0. The van der Waals surface area contributed by atoms with E-state index in [1.54, 1.807) is 48.5 Å². The summed E-state index contributed by atoms with van der Waals surface area (Å²) in [6.07, 6.45) is 0. The minimum Gasteiger partial charge on any atom is -0.497 e. The summed E-state index contributed by atoms with van der Waals surface area (Å²) in [5.41, 5.74) is 1.10. The Hall–Kier alpha value is -2.93. The van der Waals surface area contributed by atoms with Crippen molar-refractivity contribution in [1.82, 2.24) is 0 Å². The van der Waals surface area contributed by atoms with Crippen LogP contribution in [0, 0.1) is 0 Å². The first-order chi connectivity index (χ1) is 12.1. The van der Waals surface area contributed by atoms with Gasteiger partial charge in [0.25, 0.3) is 11.8 Å². The van der Waals surface area contributed by atoms with Gasteiger partial charge in [-0.2, -0.15) is 5.11 Å². The van der Waals surface area contributed by atoms with Crippen molar-refractivity contribution in [3.05, 3.63) is 53.6 Å². The molecule has 4 rings (SSSR count). The number of ether oxygens (including phenoxy) is 1. The maximum atomic E-state index is 12.9. The van der Waals surface area contributed by atoms with E-state index in [-0.39, 0.29) is 5.91 Å². The second kappa shape index (κ2) is 5.86. The van der Waals surface area contributed by atoms with Gasteiger partial charge < -0.3 is 4.74 Å². The summed E-state index contributed by atoms with van der Waals surface area (Å²) in [5.74, 6) is -0.210. The Labute approximate surface area is 148 Å². The molecule has 2 aliphatic rings. The quantitative estimate of drug-likeness (QED) is 0.792. The van der Waals surface area contributed by atoms with Gasteiger partial charge in [0, 0.05) is 11.1 Å². The Morgan fingerprint density at radius 3 is 2.52 bits per heavy atom. The van der Waals surface area contributed by atoms with Crippen LogP contribution in [-0.2, 0) is 9.59 Å². The van der Waals surface area contributed by atoms with Gasteiger partial charge in [-0.05, 0) is 36.4 Å². The molecular weight excluding hydrogens is 344 g/mol. The number of fused-ring (bicyclic) bond motifs is 1. The SMILES string of the molecule is COc1cccc(N2C(=O)[C@@H]3N=NN(c4ccc(Cl)cc4)[C@H]3C2=O)c1. The lowest BCUT2D eigenvalue weighted by atomic mass is 10.1. The average molecular weight is 357 g/mol. The summed E-state index contributed by atoms with van der Waals surface area (Å²) in [7, 11) is 1.53. The van der Waals surface area contributed by atoms with E-state index in [1.165, 1.54) is 12.1 Å². The number of benzene rings is 2. The Morgan fingerprint density at radius 2 is 1.80 bits per heavy atom. The first kappa shape index (κ1) is 15.6. The number of nitrogens with zero attached hydrogens (tertiary/aromatic N) is 4. The molecule has 0 saturated carbocycles. The van der Waals surface area contributed by atoms with Crippen LogP contribution in [0.4, 0.5) is 11.4 Å². The smallest absolute Gasteiger partial charge is 0.263 e. The van der Waals surface area contributed by atoms with Crippen LogP contribution < -0.4 is 14.6 Å². The Bertz CT molecular complexity index is 884. The monoisotopic (exact) mass is 356 g/mol. The van der Waals surface area contributed by atoms with E-state index in [4.69, 9.17) is 16.3 Å². The van der Waals surface area contributed by atoms with E-state index >= 15 is 0 Å². The highest BCUT2D eigenvalue weighted by molar-refractivity contribution is 6.30. The number of carbonyl (C=O) groups excluding carboxylic acids is 2. The lowest BCUT2D eigenvalue weighted by Gasteiger charge is -2.20. The molecule has 0 spiro atoms. The van der Waals surface area contributed by atoms with Crippen molar-refractivity contribution < 1.29 is 14.3 Å². The van der Waals surface area contributed by atoms with Gasteiger partial charge in [-0.15, -0.1) is 0 Å². The van der Waals surface area contributed by atoms with Crippen LogP contribution in [0.5, 0.6) is 5.75 Å². The van der Waals surface area contributed by atoms with Crippen molar-refractivity contribution in [3.8, 4) is 5.75 Å². The van der Waals surface area contributed by atoms with Crippen molar-refractivity contribution in [2.75, 3.05) is 17.0 Å². The summed E-state index contributed by atoms with van der Waals surface area (Å²) in [5, 5.41) is 10.0. The Morgan fingerprint density at radius 1 is 1.04 bits per heavy atom. The van der Waals surface area contributed by atoms with Gasteiger partial charge in [0.1, 0.15) is 5.75 Å². The third-order valence-electron chi connectivity index (χ3n) is 4.18. The third-order valence-corrected chi connectivity index (χ3v) is 4.44. The van der Waals surface area contributed by atoms with Crippen molar-refractivity contribution in [3.63, 3.8) is 0 Å². The topological polar surface area (TPSA) is 74.6 Å². The second-order valence-electron chi connectivity index (χ2n) is 5.63. The van der Waals surface area contributed by atoms with E-state index in [1.807, 2.05) is 0 Å². The van der Waals surface area contributed by atoms with Gasteiger partial charge in [-0.1, -0.05) is 22.9 Å². The molecule has 2 aromatic rings. The van der Waals surface area contributed by atoms with Crippen LogP contribution in [0.3, 0.4) is 0 Å². The van der Waals surface area contributed by atoms with E-state index in [0.29, 0.717) is 22.1 Å². The number of hydrogen-bond donors (Lipinski definition) is 0. The summed E-state index contributed by atoms with van der Waals surface area (Å²) in [4.78, 5) is 26.8. The molecule has 2 aromatic carbocycles. The predicted molar refractivity (Wildman–Crippen MR) is 91.9 cm³/mol. The summed E-state index contributed by atoms with van der Waals surface area (Å²) in [6, 6.07) is 12.0. The molecule has 0 aliphatic carbocycles. The first-order valence-electron chi connectivity index (χ1n) is 7.57. The van der Waals surface area contributed by atoms with E-state index < -0.39 is 18.0 Å². The van der Waals surface area contributed by atoms with Crippen molar-refractivity contribution in [2.45, 2.75) is 12.1 Å². The van der Waals surface area contributed by atoms with Gasteiger partial charge in [-0.25, -0.2) is 9.91 Å². The number of hydrogen-bond acceptors (Lipinski definition) is 6. The van der Waals surface area contributed by atoms with Crippen LogP contribution in [-0.4, -0.2) is 31.0 Å². The van der Waals surface area contributed by atoms with Crippen LogP contribution in [0.15, 0.2) is 58.9 Å². The second-order valence-corrected chi connectivity index (χ2v) is 6.07. The fourth-order valence-electron chi connectivity index (χ4n) is 2.97. The average Bonchev–Trinajstić information content (AvgIpc) is 3.16. The van der Waals surface area contributed by atoms with Crippen molar-refractivity contribution >= 4 is 34.8 Å². The first-order valence-corrected chi connectivity index (χ1v) is 7.95. The highest BCUT2D eigenvalue weighted by atomic mass is 35.5. The molecule has 126 valence electrons. The van der Waals surface area contributed by atoms with E-state index in [0.717, 1.165) is 4.90 Å². The molecule has 1 saturated heterocycles. The number of carbonyl (C=O) groups is 2. The lowest BCUT2D eigenvalue weighted by molar-refractivity contribution is -0.121. The minimum absolute atomic E-state index is 0.372. The molecule has 2 amide bonds. The molecule has 0 bridgehead atoms. The highest BCUT2D eigenvalue weighted by Gasteiger charge is 2.55. The van der Waals surface area contributed by atoms with E-state index in [2.05, 4.69) is 10.3 Å². The number of rotatable bonds is 3. The van der Waals surface area contributed by atoms with Gasteiger partial charge in [0.2, 0.25) is 0 Å². The molecule has 2 atom stereocenters. The van der Waals surface area contributed by atoms with Crippen LogP contribution in [0.25, 0.3) is 0 Å². The van der Waals surface area contributed by atoms with Crippen molar-refractivity contribution in [2.24, 2.45) is 10.3 Å².